The summed E-state index contributed by atoms with van der Waals surface area (Å²) in [4.78, 5) is 12.3. The van der Waals surface area contributed by atoms with Crippen LogP contribution in [0.1, 0.15) is 21.5 Å². The molecule has 2 aromatic rings. The first-order valence-corrected chi connectivity index (χ1v) is 9.08. The number of halogens is 1. The lowest BCUT2D eigenvalue weighted by molar-refractivity contribution is 0.102. The van der Waals surface area contributed by atoms with E-state index in [-0.39, 0.29) is 5.91 Å². The number of sulfonamides is 1. The Labute approximate surface area is 140 Å². The van der Waals surface area contributed by atoms with Gasteiger partial charge in [-0.2, -0.15) is 0 Å². The first-order valence-electron chi connectivity index (χ1n) is 6.81. The van der Waals surface area contributed by atoms with Gasteiger partial charge in [-0.1, -0.05) is 23.7 Å². The van der Waals surface area contributed by atoms with Gasteiger partial charge in [-0.05, 0) is 49.2 Å². The topological polar surface area (TPSA) is 75.3 Å². The molecule has 2 rings (SSSR count). The molecule has 0 fully saturated rings. The van der Waals surface area contributed by atoms with Crippen LogP contribution in [0.3, 0.4) is 0 Å². The third-order valence-electron chi connectivity index (χ3n) is 3.22. The van der Waals surface area contributed by atoms with E-state index in [4.69, 9.17) is 11.6 Å². The van der Waals surface area contributed by atoms with Crippen LogP contribution in [0.2, 0.25) is 5.02 Å². The molecule has 0 heterocycles. The van der Waals surface area contributed by atoms with Gasteiger partial charge in [0.15, 0.2) is 0 Å². The molecule has 0 aromatic heterocycles. The molecular weight excluding hydrogens is 336 g/mol. The van der Waals surface area contributed by atoms with E-state index < -0.39 is 10.0 Å². The molecule has 0 aliphatic heterocycles. The smallest absolute Gasteiger partial charge is 0.255 e. The van der Waals surface area contributed by atoms with Crippen LogP contribution in [0, 0.1) is 13.8 Å². The molecule has 7 heteroatoms. The highest BCUT2D eigenvalue weighted by Gasteiger charge is 2.11. The van der Waals surface area contributed by atoms with Crippen LogP contribution >= 0.6 is 11.6 Å². The summed E-state index contributed by atoms with van der Waals surface area (Å²) in [5, 5.41) is 3.30. The molecule has 0 atom stereocenters. The molecule has 23 heavy (non-hydrogen) atoms. The van der Waals surface area contributed by atoms with E-state index in [0.29, 0.717) is 22.0 Å². The summed E-state index contributed by atoms with van der Waals surface area (Å²) in [6.07, 6.45) is 1.06. The summed E-state index contributed by atoms with van der Waals surface area (Å²) >= 11 is 6.03. The Bertz CT molecular complexity index is 864. The van der Waals surface area contributed by atoms with Crippen molar-refractivity contribution >= 4 is 38.9 Å². The number of anilines is 2. The molecule has 0 radical (unpaired) electrons. The number of hydrogen-bond donors (Lipinski definition) is 2. The Morgan fingerprint density at radius 1 is 1.04 bits per heavy atom. The standard InChI is InChI=1S/C16H17ClN2O3S/c1-10-5-7-13(9-14(10)17)18-16(20)12-6-4-11(2)15(8-12)19-23(3,21)22/h4-9,19H,1-3H3,(H,18,20). The van der Waals surface area contributed by atoms with Gasteiger partial charge in [-0.3, -0.25) is 9.52 Å². The molecule has 0 spiro atoms. The summed E-state index contributed by atoms with van der Waals surface area (Å²) in [5.74, 6) is -0.346. The number of amides is 1. The van der Waals surface area contributed by atoms with Crippen LogP contribution in [-0.2, 0) is 10.0 Å². The summed E-state index contributed by atoms with van der Waals surface area (Å²) < 4.78 is 25.1. The molecule has 0 saturated heterocycles. The fourth-order valence-electron chi connectivity index (χ4n) is 1.95. The van der Waals surface area contributed by atoms with Gasteiger partial charge in [0, 0.05) is 16.3 Å². The second-order valence-corrected chi connectivity index (χ2v) is 7.48. The van der Waals surface area contributed by atoms with Gasteiger partial charge in [0.1, 0.15) is 0 Å². The average Bonchev–Trinajstić information content (AvgIpc) is 2.44. The van der Waals surface area contributed by atoms with Crippen molar-refractivity contribution in [1.29, 1.82) is 0 Å². The molecule has 0 aliphatic carbocycles. The second kappa shape index (κ2) is 6.60. The zero-order valence-corrected chi connectivity index (χ0v) is 14.5. The van der Waals surface area contributed by atoms with Crippen LogP contribution in [0.4, 0.5) is 11.4 Å². The SMILES string of the molecule is Cc1ccc(NC(=O)c2ccc(C)c(NS(C)(=O)=O)c2)cc1Cl. The predicted octanol–water partition coefficient (Wildman–Crippen LogP) is 3.58. The minimum absolute atomic E-state index is 0.346. The molecular formula is C16H17ClN2O3S. The lowest BCUT2D eigenvalue weighted by atomic mass is 10.1. The molecule has 0 saturated carbocycles. The van der Waals surface area contributed by atoms with Crippen LogP contribution < -0.4 is 10.0 Å². The van der Waals surface area contributed by atoms with Crippen molar-refractivity contribution in [3.8, 4) is 0 Å². The Kier molecular flexibility index (Phi) is 4.97. The molecule has 0 aliphatic rings. The van der Waals surface area contributed by atoms with Gasteiger partial charge in [-0.15, -0.1) is 0 Å². The second-order valence-electron chi connectivity index (χ2n) is 5.32. The van der Waals surface area contributed by atoms with Gasteiger partial charge < -0.3 is 5.32 Å². The van der Waals surface area contributed by atoms with Crippen molar-refractivity contribution < 1.29 is 13.2 Å². The maximum absolute atomic E-state index is 12.3. The normalized spacial score (nSPS) is 11.1. The minimum Gasteiger partial charge on any atom is -0.322 e. The van der Waals surface area contributed by atoms with E-state index in [0.717, 1.165) is 17.4 Å². The van der Waals surface area contributed by atoms with Gasteiger partial charge >= 0.3 is 0 Å². The molecule has 122 valence electrons. The molecule has 2 aromatic carbocycles. The number of carbonyl (C=O) groups is 1. The van der Waals surface area contributed by atoms with Crippen LogP contribution in [-0.4, -0.2) is 20.6 Å². The van der Waals surface area contributed by atoms with E-state index in [1.54, 1.807) is 31.2 Å². The fourth-order valence-corrected chi connectivity index (χ4v) is 2.75. The van der Waals surface area contributed by atoms with Crippen molar-refractivity contribution in [3.05, 3.63) is 58.1 Å². The number of rotatable bonds is 4. The number of carbonyl (C=O) groups excluding carboxylic acids is 1. The molecule has 0 unspecified atom stereocenters. The van der Waals surface area contributed by atoms with E-state index in [9.17, 15) is 13.2 Å². The van der Waals surface area contributed by atoms with E-state index in [1.807, 2.05) is 13.0 Å². The van der Waals surface area contributed by atoms with Crippen LogP contribution in [0.25, 0.3) is 0 Å². The van der Waals surface area contributed by atoms with E-state index in [2.05, 4.69) is 10.0 Å². The van der Waals surface area contributed by atoms with E-state index >= 15 is 0 Å². The third-order valence-corrected chi connectivity index (χ3v) is 4.22. The fraction of sp³-hybridized carbons (Fsp3) is 0.188. The third kappa shape index (κ3) is 4.71. The Hall–Kier alpha value is -2.05. The van der Waals surface area contributed by atoms with Crippen LogP contribution in [0.5, 0.6) is 0 Å². The summed E-state index contributed by atoms with van der Waals surface area (Å²) in [6, 6.07) is 10.0. The predicted molar refractivity (Wildman–Crippen MR) is 93.8 cm³/mol. The number of hydrogen-bond acceptors (Lipinski definition) is 3. The lowest BCUT2D eigenvalue weighted by Crippen LogP contribution is -2.14. The van der Waals surface area contributed by atoms with Crippen molar-refractivity contribution in [3.63, 3.8) is 0 Å². The Morgan fingerprint density at radius 2 is 1.70 bits per heavy atom. The highest BCUT2D eigenvalue weighted by Crippen LogP contribution is 2.22. The Balaban J connectivity index is 2.25. The van der Waals surface area contributed by atoms with Crippen molar-refractivity contribution in [2.24, 2.45) is 0 Å². The number of nitrogens with one attached hydrogen (secondary N) is 2. The largest absolute Gasteiger partial charge is 0.322 e. The zero-order valence-electron chi connectivity index (χ0n) is 13.0. The maximum atomic E-state index is 12.3. The van der Waals surface area contributed by atoms with Gasteiger partial charge in [0.05, 0.1) is 11.9 Å². The number of benzene rings is 2. The molecule has 0 bridgehead atoms. The quantitative estimate of drug-likeness (QED) is 0.883. The summed E-state index contributed by atoms with van der Waals surface area (Å²) in [5.41, 5.74) is 2.94. The van der Waals surface area contributed by atoms with Crippen molar-refractivity contribution in [2.45, 2.75) is 13.8 Å². The average molecular weight is 353 g/mol. The lowest BCUT2D eigenvalue weighted by Gasteiger charge is -2.11. The summed E-state index contributed by atoms with van der Waals surface area (Å²) in [7, 11) is -3.41. The molecule has 1 amide bonds. The Morgan fingerprint density at radius 3 is 2.30 bits per heavy atom. The van der Waals surface area contributed by atoms with Gasteiger partial charge in [0.25, 0.3) is 5.91 Å². The zero-order chi connectivity index (χ0) is 17.2. The molecule has 2 N–H and O–H groups in total. The van der Waals surface area contributed by atoms with Gasteiger partial charge in [0.2, 0.25) is 10.0 Å². The minimum atomic E-state index is -3.41. The monoisotopic (exact) mass is 352 g/mol. The maximum Gasteiger partial charge on any atom is 0.255 e. The van der Waals surface area contributed by atoms with Crippen LogP contribution in [0.15, 0.2) is 36.4 Å². The first-order chi connectivity index (χ1) is 10.7. The first kappa shape index (κ1) is 17.3. The highest BCUT2D eigenvalue weighted by atomic mass is 35.5. The van der Waals surface area contributed by atoms with Crippen molar-refractivity contribution in [1.82, 2.24) is 0 Å². The summed E-state index contributed by atoms with van der Waals surface area (Å²) in [6.45, 7) is 3.63. The highest BCUT2D eigenvalue weighted by molar-refractivity contribution is 7.92. The van der Waals surface area contributed by atoms with Gasteiger partial charge in [-0.25, -0.2) is 8.42 Å². The van der Waals surface area contributed by atoms with Crippen molar-refractivity contribution in [2.75, 3.05) is 16.3 Å². The molecule has 5 nitrogen and oxygen atoms in total. The number of aryl methyl sites for hydroxylation is 2. The van der Waals surface area contributed by atoms with E-state index in [1.165, 1.54) is 6.07 Å².